The fourth-order valence-electron chi connectivity index (χ4n) is 12.1. The zero-order valence-electron chi connectivity index (χ0n) is 36.9. The summed E-state index contributed by atoms with van der Waals surface area (Å²) in [5.74, 6) is 0.140. The molecule has 318 valence electrons. The third-order valence-electron chi connectivity index (χ3n) is 15.1. The molecule has 1 aliphatic rings. The third-order valence-corrected chi connectivity index (χ3v) is 16.3. The van der Waals surface area contributed by atoms with Gasteiger partial charge >= 0.3 is 0 Å². The first kappa shape index (κ1) is 37.9. The average molecular weight is 885 g/mol. The lowest BCUT2D eigenvalue weighted by Crippen LogP contribution is -2.12. The number of thiophene rings is 1. The Morgan fingerprint density at radius 2 is 1.12 bits per heavy atom. The minimum Gasteiger partial charge on any atom is -0.309 e. The van der Waals surface area contributed by atoms with Gasteiger partial charge in [0.05, 0.1) is 22.1 Å². The number of pyridine rings is 1. The maximum Gasteiger partial charge on any atom is 0.263 e. The largest absolute Gasteiger partial charge is 0.309 e. The molecule has 14 aromatic rings. The molecule has 3 nitrogen and oxygen atoms in total. The molecule has 68 heavy (non-hydrogen) atoms. The number of benzene rings is 10. The molecule has 1 unspecified atom stereocenters. The minimum atomic E-state index is 0.0247. The number of nitrogens with zero attached hydrogens (tertiary/aromatic N) is 2. The van der Waals surface area contributed by atoms with Crippen LogP contribution in [0.1, 0.15) is 29.0 Å². The summed E-state index contributed by atoms with van der Waals surface area (Å²) < 4.78 is 7.05. The van der Waals surface area contributed by atoms with E-state index in [0.29, 0.717) is 0 Å². The second-order valence-electron chi connectivity index (χ2n) is 18.6. The van der Waals surface area contributed by atoms with Crippen molar-refractivity contribution in [2.75, 3.05) is 0 Å². The topological polar surface area (TPSA) is 26.4 Å². The first-order chi connectivity index (χ1) is 33.7. The molecular formula is C64H40N2OS. The number of para-hydroxylation sites is 2. The Bertz CT molecular complexity index is 4460. The van der Waals surface area contributed by atoms with Crippen LogP contribution in [0.2, 0.25) is 0 Å². The Labute approximate surface area is 395 Å². The van der Waals surface area contributed by atoms with Crippen LogP contribution in [0.4, 0.5) is 0 Å². The third kappa shape index (κ3) is 5.32. The summed E-state index contributed by atoms with van der Waals surface area (Å²) in [6.45, 7) is 0. The van der Waals surface area contributed by atoms with Crippen LogP contribution in [-0.4, -0.2) is 8.97 Å². The number of fused-ring (bicyclic) bond motifs is 15. The van der Waals surface area contributed by atoms with Crippen molar-refractivity contribution >= 4 is 91.3 Å². The van der Waals surface area contributed by atoms with E-state index in [1.807, 2.05) is 27.9 Å². The quantitative estimate of drug-likeness (QED) is 0.162. The lowest BCUT2D eigenvalue weighted by atomic mass is 9.83. The van der Waals surface area contributed by atoms with Gasteiger partial charge in [-0.05, 0) is 135 Å². The Hall–Kier alpha value is -8.31. The summed E-state index contributed by atoms with van der Waals surface area (Å²) in [6, 6.07) is 77.7. The van der Waals surface area contributed by atoms with Crippen molar-refractivity contribution in [1.82, 2.24) is 8.97 Å². The van der Waals surface area contributed by atoms with Gasteiger partial charge in [0.2, 0.25) is 0 Å². The van der Waals surface area contributed by atoms with Crippen molar-refractivity contribution in [1.29, 1.82) is 0 Å². The monoisotopic (exact) mass is 884 g/mol. The first-order valence-electron chi connectivity index (χ1n) is 23.6. The average Bonchev–Trinajstić information content (AvgIpc) is 4.02. The molecule has 0 saturated carbocycles. The zero-order chi connectivity index (χ0) is 44.6. The van der Waals surface area contributed by atoms with E-state index in [9.17, 15) is 4.79 Å². The van der Waals surface area contributed by atoms with Crippen molar-refractivity contribution in [2.24, 2.45) is 0 Å². The van der Waals surface area contributed by atoms with E-state index in [2.05, 4.69) is 205 Å². The molecule has 0 fully saturated rings. The van der Waals surface area contributed by atoms with Crippen LogP contribution in [0.15, 0.2) is 217 Å². The SMILES string of the molecule is O=c1c2ccccc2c2cc(-c3cc(C4CCc5c(ccc6c7ccccc7n(-c7ccccc7)c56)-c5ccccc54)cc4c3sc3ccccc34)cc3c4cc(-c5ccccc5)ccc4n1c23. The molecule has 0 aliphatic heterocycles. The highest BCUT2D eigenvalue weighted by Gasteiger charge is 2.29. The fraction of sp³-hybridized carbons (Fsp3) is 0.0469. The highest BCUT2D eigenvalue weighted by molar-refractivity contribution is 7.26. The number of aryl methyl sites for hydroxylation is 1. The van der Waals surface area contributed by atoms with E-state index in [1.165, 1.54) is 86.6 Å². The van der Waals surface area contributed by atoms with Gasteiger partial charge in [0.1, 0.15) is 0 Å². The second-order valence-corrected chi connectivity index (χ2v) is 19.7. The molecular weight excluding hydrogens is 845 g/mol. The predicted molar refractivity (Wildman–Crippen MR) is 288 cm³/mol. The Balaban J connectivity index is 0.994. The summed E-state index contributed by atoms with van der Waals surface area (Å²) in [6.07, 6.45) is 1.89. The molecule has 0 spiro atoms. The van der Waals surface area contributed by atoms with Gasteiger partial charge in [-0.2, -0.15) is 0 Å². The number of hydrogen-bond donors (Lipinski definition) is 0. The van der Waals surface area contributed by atoms with Gasteiger partial charge in [0, 0.05) is 64.1 Å². The minimum absolute atomic E-state index is 0.0247. The van der Waals surface area contributed by atoms with Crippen molar-refractivity contribution in [3.8, 4) is 39.1 Å². The van der Waals surface area contributed by atoms with Crippen molar-refractivity contribution in [2.45, 2.75) is 18.8 Å². The summed E-state index contributed by atoms with van der Waals surface area (Å²) in [4.78, 5) is 14.6. The Kier molecular flexibility index (Phi) is 7.99. The van der Waals surface area contributed by atoms with Crippen LogP contribution >= 0.6 is 11.3 Å². The molecule has 4 aromatic heterocycles. The lowest BCUT2D eigenvalue weighted by molar-refractivity contribution is 0.728. The normalized spacial score (nSPS) is 14.0. The zero-order valence-corrected chi connectivity index (χ0v) is 37.7. The second kappa shape index (κ2) is 14.3. The molecule has 1 aliphatic carbocycles. The lowest BCUT2D eigenvalue weighted by Gasteiger charge is -2.20. The number of hydrogen-bond acceptors (Lipinski definition) is 2. The van der Waals surface area contributed by atoms with Gasteiger partial charge in [-0.3, -0.25) is 9.20 Å². The van der Waals surface area contributed by atoms with Gasteiger partial charge in [0.15, 0.2) is 0 Å². The van der Waals surface area contributed by atoms with E-state index in [1.54, 1.807) is 0 Å². The summed E-state index contributed by atoms with van der Waals surface area (Å²) in [5, 5.41) is 10.2. The maximum atomic E-state index is 14.6. The first-order valence-corrected chi connectivity index (χ1v) is 24.4. The molecule has 0 amide bonds. The van der Waals surface area contributed by atoms with Crippen LogP contribution in [0.25, 0.3) is 119 Å². The van der Waals surface area contributed by atoms with Gasteiger partial charge < -0.3 is 4.57 Å². The van der Waals surface area contributed by atoms with Crippen LogP contribution in [-0.2, 0) is 6.42 Å². The van der Waals surface area contributed by atoms with Crippen LogP contribution < -0.4 is 5.56 Å². The highest BCUT2D eigenvalue weighted by atomic mass is 32.1. The molecule has 4 heteroatoms. The molecule has 0 N–H and O–H groups in total. The summed E-state index contributed by atoms with van der Waals surface area (Å²) in [7, 11) is 0. The van der Waals surface area contributed by atoms with Crippen molar-refractivity contribution in [3.63, 3.8) is 0 Å². The standard InChI is InChI=1S/C64H40N2OS/c67-64-52-24-10-9-21-46(52)55-35-41(36-56-54-33-39(38-15-3-1-4-16-38)27-32-59(54)66(64)62(55)56)53-34-40(37-57-49-23-12-14-26-60(49)68-63(53)57)43-28-30-50-47(45-20-8-7-19-44(43)45)29-31-51-48-22-11-13-25-58(48)65(61(50)51)42-17-5-2-6-18-42/h1-27,29,31-37,43H,28,30H2. The van der Waals surface area contributed by atoms with E-state index in [-0.39, 0.29) is 11.5 Å². The van der Waals surface area contributed by atoms with Gasteiger partial charge in [-0.25, -0.2) is 0 Å². The van der Waals surface area contributed by atoms with E-state index in [4.69, 9.17) is 0 Å². The summed E-state index contributed by atoms with van der Waals surface area (Å²) in [5.41, 5.74) is 17.1. The molecule has 1 atom stereocenters. The number of aromatic nitrogens is 2. The van der Waals surface area contributed by atoms with E-state index in [0.717, 1.165) is 61.9 Å². The summed E-state index contributed by atoms with van der Waals surface area (Å²) >= 11 is 1.89. The van der Waals surface area contributed by atoms with Gasteiger partial charge in [0.25, 0.3) is 5.56 Å². The van der Waals surface area contributed by atoms with Crippen LogP contribution in [0, 0.1) is 0 Å². The number of rotatable bonds is 4. The smallest absolute Gasteiger partial charge is 0.263 e. The van der Waals surface area contributed by atoms with E-state index < -0.39 is 0 Å². The molecule has 4 heterocycles. The molecule has 15 rings (SSSR count). The Morgan fingerprint density at radius 3 is 1.97 bits per heavy atom. The molecule has 0 radical (unpaired) electrons. The molecule has 0 bridgehead atoms. The maximum absolute atomic E-state index is 14.6. The predicted octanol–water partition coefficient (Wildman–Crippen LogP) is 16.7. The van der Waals surface area contributed by atoms with Crippen molar-refractivity contribution < 1.29 is 0 Å². The fourth-order valence-corrected chi connectivity index (χ4v) is 13.4. The molecule has 0 saturated heterocycles. The van der Waals surface area contributed by atoms with Crippen molar-refractivity contribution in [3.05, 3.63) is 239 Å². The van der Waals surface area contributed by atoms with Crippen LogP contribution in [0.5, 0.6) is 0 Å². The Morgan fingerprint density at radius 1 is 0.426 bits per heavy atom. The van der Waals surface area contributed by atoms with Gasteiger partial charge in [-0.15, -0.1) is 11.3 Å². The van der Waals surface area contributed by atoms with E-state index >= 15 is 0 Å². The molecule has 10 aromatic carbocycles. The van der Waals surface area contributed by atoms with Gasteiger partial charge in [-0.1, -0.05) is 146 Å². The van der Waals surface area contributed by atoms with Crippen LogP contribution in [0.3, 0.4) is 0 Å². The highest BCUT2D eigenvalue weighted by Crippen LogP contribution is 2.50.